The summed E-state index contributed by atoms with van der Waals surface area (Å²) >= 11 is 0. The fourth-order valence-electron chi connectivity index (χ4n) is 1.92. The molecule has 0 atom stereocenters. The van der Waals surface area contributed by atoms with Crippen LogP contribution in [0.15, 0.2) is 18.2 Å². The van der Waals surface area contributed by atoms with E-state index in [1.807, 2.05) is 6.07 Å². The fourth-order valence-corrected chi connectivity index (χ4v) is 1.92. The molecule has 5 nitrogen and oxygen atoms in total. The lowest BCUT2D eigenvalue weighted by atomic mass is 10.1. The van der Waals surface area contributed by atoms with Gasteiger partial charge in [0.15, 0.2) is 0 Å². The van der Waals surface area contributed by atoms with Gasteiger partial charge in [0, 0.05) is 18.7 Å². The van der Waals surface area contributed by atoms with Gasteiger partial charge in [0.1, 0.15) is 5.69 Å². The third-order valence-corrected chi connectivity index (χ3v) is 2.98. The Kier molecular flexibility index (Phi) is 5.09. The van der Waals surface area contributed by atoms with Gasteiger partial charge in [0.05, 0.1) is 4.92 Å². The molecule has 0 saturated heterocycles. The quantitative estimate of drug-likeness (QED) is 0.479. The number of rotatable bonds is 6. The maximum absolute atomic E-state index is 10.8. The number of nitro benzene ring substituents is 1. The van der Waals surface area contributed by atoms with Crippen molar-refractivity contribution in [3.05, 3.63) is 33.9 Å². The van der Waals surface area contributed by atoms with Gasteiger partial charge in [-0.3, -0.25) is 15.0 Å². The molecule has 0 aliphatic carbocycles. The summed E-state index contributed by atoms with van der Waals surface area (Å²) in [7, 11) is 0. The molecule has 1 aromatic rings. The number of nitrogens with two attached hydrogens (primary N) is 1. The average Bonchev–Trinajstić information content (AvgIpc) is 2.30. The molecule has 0 spiro atoms. The van der Waals surface area contributed by atoms with Gasteiger partial charge in [-0.15, -0.1) is 0 Å². The van der Waals surface area contributed by atoms with Crippen molar-refractivity contribution in [1.29, 1.82) is 0 Å². The SMILES string of the molecule is CCCN(Cc1cccc([N+](=O)[O-])c1N)C(C)C. The molecule has 0 amide bonds. The number of benzene rings is 1. The number of para-hydroxylation sites is 1. The zero-order chi connectivity index (χ0) is 13.7. The second-order valence-electron chi connectivity index (χ2n) is 4.67. The molecule has 18 heavy (non-hydrogen) atoms. The lowest BCUT2D eigenvalue weighted by Gasteiger charge is -2.26. The summed E-state index contributed by atoms with van der Waals surface area (Å²) in [5.41, 5.74) is 6.96. The van der Waals surface area contributed by atoms with Crippen LogP contribution in [0.5, 0.6) is 0 Å². The van der Waals surface area contributed by atoms with Crippen LogP contribution in [0.3, 0.4) is 0 Å². The van der Waals surface area contributed by atoms with Crippen LogP contribution in [0.25, 0.3) is 0 Å². The monoisotopic (exact) mass is 251 g/mol. The normalized spacial score (nSPS) is 11.2. The standard InChI is InChI=1S/C13H21N3O2/c1-4-8-15(10(2)3)9-11-6-5-7-12(13(11)14)16(17)18/h5-7,10H,4,8-9,14H2,1-3H3. The molecule has 0 unspecified atom stereocenters. The van der Waals surface area contributed by atoms with Gasteiger partial charge in [-0.1, -0.05) is 19.1 Å². The van der Waals surface area contributed by atoms with Crippen molar-refractivity contribution in [3.63, 3.8) is 0 Å². The van der Waals surface area contributed by atoms with E-state index < -0.39 is 4.92 Å². The van der Waals surface area contributed by atoms with E-state index in [-0.39, 0.29) is 11.4 Å². The highest BCUT2D eigenvalue weighted by Gasteiger charge is 2.17. The van der Waals surface area contributed by atoms with Crippen LogP contribution in [0.4, 0.5) is 11.4 Å². The van der Waals surface area contributed by atoms with Gasteiger partial charge >= 0.3 is 0 Å². The Morgan fingerprint density at radius 3 is 2.61 bits per heavy atom. The van der Waals surface area contributed by atoms with Crippen LogP contribution in [0.2, 0.25) is 0 Å². The van der Waals surface area contributed by atoms with Crippen LogP contribution in [-0.2, 0) is 6.54 Å². The van der Waals surface area contributed by atoms with Crippen molar-refractivity contribution in [3.8, 4) is 0 Å². The summed E-state index contributed by atoms with van der Waals surface area (Å²) in [5.74, 6) is 0. The minimum atomic E-state index is -0.432. The summed E-state index contributed by atoms with van der Waals surface area (Å²) in [6.45, 7) is 7.96. The van der Waals surface area contributed by atoms with Crippen molar-refractivity contribution in [1.82, 2.24) is 4.90 Å². The number of hydrogen-bond donors (Lipinski definition) is 1. The Labute approximate surface area is 108 Å². The third kappa shape index (κ3) is 3.43. The molecule has 0 aliphatic heterocycles. The zero-order valence-corrected chi connectivity index (χ0v) is 11.2. The van der Waals surface area contributed by atoms with E-state index in [2.05, 4.69) is 25.7 Å². The number of nitrogen functional groups attached to an aromatic ring is 1. The molecule has 0 aromatic heterocycles. The van der Waals surface area contributed by atoms with Gasteiger partial charge in [0.25, 0.3) is 5.69 Å². The van der Waals surface area contributed by atoms with Gasteiger partial charge < -0.3 is 5.73 Å². The first-order chi connectivity index (χ1) is 8.47. The molecule has 0 radical (unpaired) electrons. The van der Waals surface area contributed by atoms with Crippen LogP contribution in [0.1, 0.15) is 32.8 Å². The number of hydrogen-bond acceptors (Lipinski definition) is 4. The molecule has 100 valence electrons. The van der Waals surface area contributed by atoms with Crippen LogP contribution in [0, 0.1) is 10.1 Å². The molecular formula is C13H21N3O2. The Morgan fingerprint density at radius 1 is 1.44 bits per heavy atom. The van der Waals surface area contributed by atoms with Gasteiger partial charge in [-0.05, 0) is 32.4 Å². The van der Waals surface area contributed by atoms with Crippen molar-refractivity contribution in [2.45, 2.75) is 39.8 Å². The summed E-state index contributed by atoms with van der Waals surface area (Å²) in [5, 5.41) is 10.8. The maximum Gasteiger partial charge on any atom is 0.292 e. The first-order valence-corrected chi connectivity index (χ1v) is 6.23. The molecule has 1 rings (SSSR count). The summed E-state index contributed by atoms with van der Waals surface area (Å²) < 4.78 is 0. The topological polar surface area (TPSA) is 72.4 Å². The predicted molar refractivity (Wildman–Crippen MR) is 73.3 cm³/mol. The molecule has 0 saturated carbocycles. The maximum atomic E-state index is 10.8. The van der Waals surface area contributed by atoms with Crippen LogP contribution < -0.4 is 5.73 Å². The van der Waals surface area contributed by atoms with E-state index >= 15 is 0 Å². The van der Waals surface area contributed by atoms with Gasteiger partial charge in [0.2, 0.25) is 0 Å². The van der Waals surface area contributed by atoms with E-state index in [1.54, 1.807) is 6.07 Å². The number of nitro groups is 1. The Balaban J connectivity index is 2.96. The number of anilines is 1. The second-order valence-corrected chi connectivity index (χ2v) is 4.67. The first kappa shape index (κ1) is 14.4. The van der Waals surface area contributed by atoms with E-state index in [4.69, 9.17) is 5.73 Å². The third-order valence-electron chi connectivity index (χ3n) is 2.98. The molecule has 1 aromatic carbocycles. The highest BCUT2D eigenvalue weighted by molar-refractivity contribution is 5.62. The lowest BCUT2D eigenvalue weighted by molar-refractivity contribution is -0.384. The van der Waals surface area contributed by atoms with Crippen molar-refractivity contribution in [2.24, 2.45) is 0 Å². The first-order valence-electron chi connectivity index (χ1n) is 6.23. The molecule has 5 heteroatoms. The minimum Gasteiger partial charge on any atom is -0.393 e. The van der Waals surface area contributed by atoms with Crippen molar-refractivity contribution >= 4 is 11.4 Å². The lowest BCUT2D eigenvalue weighted by Crippen LogP contribution is -2.31. The Morgan fingerprint density at radius 2 is 2.11 bits per heavy atom. The Bertz CT molecular complexity index is 419. The van der Waals surface area contributed by atoms with Crippen molar-refractivity contribution in [2.75, 3.05) is 12.3 Å². The second kappa shape index (κ2) is 6.35. The summed E-state index contributed by atoms with van der Waals surface area (Å²) in [4.78, 5) is 12.7. The molecule has 2 N–H and O–H groups in total. The van der Waals surface area contributed by atoms with E-state index in [1.165, 1.54) is 6.07 Å². The van der Waals surface area contributed by atoms with Crippen LogP contribution >= 0.6 is 0 Å². The van der Waals surface area contributed by atoms with Crippen molar-refractivity contribution < 1.29 is 4.92 Å². The smallest absolute Gasteiger partial charge is 0.292 e. The predicted octanol–water partition coefficient (Wildman–Crippen LogP) is 2.80. The van der Waals surface area contributed by atoms with Gasteiger partial charge in [-0.25, -0.2) is 0 Å². The Hall–Kier alpha value is -1.62. The van der Waals surface area contributed by atoms with Crippen LogP contribution in [-0.4, -0.2) is 22.4 Å². The minimum absolute atomic E-state index is 0.00676. The fraction of sp³-hybridized carbons (Fsp3) is 0.538. The summed E-state index contributed by atoms with van der Waals surface area (Å²) in [6, 6.07) is 5.38. The van der Waals surface area contributed by atoms with E-state index in [0.717, 1.165) is 18.5 Å². The number of nitrogens with zero attached hydrogens (tertiary/aromatic N) is 2. The highest BCUT2D eigenvalue weighted by Crippen LogP contribution is 2.26. The molecule has 0 aliphatic rings. The molecule has 0 heterocycles. The largest absolute Gasteiger partial charge is 0.393 e. The van der Waals surface area contributed by atoms with E-state index in [0.29, 0.717) is 12.6 Å². The van der Waals surface area contributed by atoms with Gasteiger partial charge in [-0.2, -0.15) is 0 Å². The molecule has 0 bridgehead atoms. The van der Waals surface area contributed by atoms with E-state index in [9.17, 15) is 10.1 Å². The summed E-state index contributed by atoms with van der Waals surface area (Å²) in [6.07, 6.45) is 1.05. The highest BCUT2D eigenvalue weighted by atomic mass is 16.6. The molecular weight excluding hydrogens is 230 g/mol. The zero-order valence-electron chi connectivity index (χ0n) is 11.2. The molecule has 0 fully saturated rings. The average molecular weight is 251 g/mol.